The molecule has 37 heavy (non-hydrogen) atoms. The van der Waals surface area contributed by atoms with Gasteiger partial charge in [0.25, 0.3) is 5.91 Å². The lowest BCUT2D eigenvalue weighted by Gasteiger charge is -2.20. The Bertz CT molecular complexity index is 1300. The van der Waals surface area contributed by atoms with Crippen LogP contribution in [0.25, 0.3) is 6.08 Å². The quantitative estimate of drug-likeness (QED) is 0.305. The largest absolute Gasteiger partial charge is 0.490 e. The van der Waals surface area contributed by atoms with Crippen LogP contribution in [0.15, 0.2) is 52.1 Å². The first-order valence-electron chi connectivity index (χ1n) is 12.4. The predicted molar refractivity (Wildman–Crippen MR) is 149 cm³/mol. The Kier molecular flexibility index (Phi) is 8.33. The maximum atomic E-state index is 12.6. The number of aliphatic imine (C=N–C) groups is 1. The molecule has 1 N–H and O–H groups in total. The van der Waals surface area contributed by atoms with Gasteiger partial charge in [0.05, 0.1) is 12.2 Å². The van der Waals surface area contributed by atoms with Crippen molar-refractivity contribution in [1.82, 2.24) is 5.01 Å². The number of carbonyl (C=O) groups excluding carboxylic acids is 1. The zero-order valence-corrected chi connectivity index (χ0v) is 22.6. The molecule has 0 saturated heterocycles. The van der Waals surface area contributed by atoms with Crippen molar-refractivity contribution < 1.29 is 19.0 Å². The normalized spacial score (nSPS) is 16.2. The smallest absolute Gasteiger partial charge is 0.283 e. The molecule has 0 bridgehead atoms. The average Bonchev–Trinajstić information content (AvgIpc) is 3.28. The second-order valence-corrected chi connectivity index (χ2v) is 9.94. The van der Waals surface area contributed by atoms with Gasteiger partial charge in [0.2, 0.25) is 5.17 Å². The molecule has 0 unspecified atom stereocenters. The maximum Gasteiger partial charge on any atom is 0.283 e. The molecule has 9 heteroatoms. The number of nitrogens with one attached hydrogen (secondary N) is 1. The molecule has 2 aromatic rings. The Balaban J connectivity index is 1.46. The maximum absolute atomic E-state index is 12.6. The van der Waals surface area contributed by atoms with E-state index in [-0.39, 0.29) is 11.4 Å². The number of nitrogens with zero attached hydrogens (tertiary/aromatic N) is 3. The lowest BCUT2D eigenvalue weighted by molar-refractivity contribution is -0.114. The fraction of sp³-hybridized carbons (Fsp3) is 0.357. The average molecular weight is 521 g/mol. The van der Waals surface area contributed by atoms with E-state index in [1.165, 1.54) is 22.3 Å². The van der Waals surface area contributed by atoms with Gasteiger partial charge < -0.3 is 14.2 Å². The highest BCUT2D eigenvalue weighted by molar-refractivity contribution is 8.26. The lowest BCUT2D eigenvalue weighted by atomic mass is 10.0. The Labute approximate surface area is 221 Å². The van der Waals surface area contributed by atoms with Crippen LogP contribution >= 0.6 is 11.8 Å². The van der Waals surface area contributed by atoms with Gasteiger partial charge >= 0.3 is 0 Å². The fourth-order valence-corrected chi connectivity index (χ4v) is 4.71. The molecule has 2 aliphatic heterocycles. The molecule has 0 saturated carbocycles. The van der Waals surface area contributed by atoms with Gasteiger partial charge in [0.15, 0.2) is 17.3 Å². The lowest BCUT2D eigenvalue weighted by Crippen LogP contribution is -2.35. The molecule has 4 rings (SSSR count). The third kappa shape index (κ3) is 6.05. The van der Waals surface area contributed by atoms with Crippen LogP contribution in [0.3, 0.4) is 0 Å². The van der Waals surface area contributed by atoms with E-state index in [2.05, 4.69) is 42.1 Å². The van der Waals surface area contributed by atoms with Crippen LogP contribution in [0.5, 0.6) is 17.2 Å². The second kappa shape index (κ2) is 11.6. The summed E-state index contributed by atoms with van der Waals surface area (Å²) in [6.07, 6.45) is 2.35. The van der Waals surface area contributed by atoms with Crippen molar-refractivity contribution in [3.05, 3.63) is 58.7 Å². The summed E-state index contributed by atoms with van der Waals surface area (Å²) in [6, 6.07) is 11.7. The van der Waals surface area contributed by atoms with E-state index in [1.54, 1.807) is 18.2 Å². The van der Waals surface area contributed by atoms with Gasteiger partial charge in [0.1, 0.15) is 24.0 Å². The van der Waals surface area contributed by atoms with Crippen LogP contribution in [0.2, 0.25) is 0 Å². The van der Waals surface area contributed by atoms with Crippen LogP contribution < -0.4 is 14.2 Å². The number of benzene rings is 2. The van der Waals surface area contributed by atoms with Crippen molar-refractivity contribution >= 4 is 39.8 Å². The zero-order valence-electron chi connectivity index (χ0n) is 21.8. The molecule has 0 fully saturated rings. The minimum absolute atomic E-state index is 0.0123. The van der Waals surface area contributed by atoms with E-state index < -0.39 is 5.91 Å². The summed E-state index contributed by atoms with van der Waals surface area (Å²) in [5.74, 6) is 1.93. The van der Waals surface area contributed by atoms with E-state index >= 15 is 0 Å². The van der Waals surface area contributed by atoms with Crippen molar-refractivity contribution in [3.8, 4) is 17.2 Å². The summed E-state index contributed by atoms with van der Waals surface area (Å²) in [4.78, 5) is 16.8. The molecule has 1 amide bonds. The first-order valence-corrected chi connectivity index (χ1v) is 13.2. The number of fused-ring (bicyclic) bond motifs is 1. The molecule has 0 radical (unpaired) electrons. The first-order chi connectivity index (χ1) is 17.8. The summed E-state index contributed by atoms with van der Waals surface area (Å²) in [6.45, 7) is 11.4. The molecule has 2 heterocycles. The number of hydrogen-bond donors (Lipinski definition) is 1. The van der Waals surface area contributed by atoms with E-state index in [4.69, 9.17) is 19.6 Å². The topological polar surface area (TPSA) is 96.6 Å². The van der Waals surface area contributed by atoms with Gasteiger partial charge in [0, 0.05) is 0 Å². The summed E-state index contributed by atoms with van der Waals surface area (Å²) >= 11 is 1.32. The fourth-order valence-electron chi connectivity index (χ4n) is 3.89. The molecular weight excluding hydrogens is 488 g/mol. The molecule has 0 aromatic heterocycles. The first kappa shape index (κ1) is 26.5. The monoisotopic (exact) mass is 520 g/mol. The van der Waals surface area contributed by atoms with Crippen LogP contribution in [0.1, 0.15) is 56.7 Å². The van der Waals surface area contributed by atoms with Crippen molar-refractivity contribution in [2.75, 3.05) is 19.8 Å². The van der Waals surface area contributed by atoms with Crippen molar-refractivity contribution in [1.29, 1.82) is 5.41 Å². The number of ether oxygens (including phenoxy) is 3. The Morgan fingerprint density at radius 2 is 1.78 bits per heavy atom. The Morgan fingerprint density at radius 3 is 2.49 bits per heavy atom. The number of aryl methyl sites for hydroxylation is 1. The molecule has 0 atom stereocenters. The molecule has 194 valence electrons. The van der Waals surface area contributed by atoms with Gasteiger partial charge in [-0.05, 0) is 78.9 Å². The third-order valence-corrected chi connectivity index (χ3v) is 6.82. The predicted octanol–water partition coefficient (Wildman–Crippen LogP) is 6.00. The van der Waals surface area contributed by atoms with Crippen LogP contribution in [0, 0.1) is 12.3 Å². The van der Waals surface area contributed by atoms with E-state index in [0.29, 0.717) is 48.0 Å². The number of carbonyl (C=O) groups is 1. The summed E-state index contributed by atoms with van der Waals surface area (Å²) in [7, 11) is 0. The zero-order chi connectivity index (χ0) is 26.5. The number of hydrogen-bond acceptors (Lipinski definition) is 7. The summed E-state index contributed by atoms with van der Waals surface area (Å²) < 4.78 is 17.8. The standard InChI is InChI=1S/C28H32N4O4S/c1-6-25-31-32-26(29)21(27(33)30-28(32)37-25)15-19-9-11-22(24(16-19)34-7-2)35-12-13-36-23-14-18(5)8-10-20(23)17(3)4/h8-11,14-17,29H,6-7,12-13H2,1-5H3. The van der Waals surface area contributed by atoms with Crippen molar-refractivity contribution in [3.63, 3.8) is 0 Å². The van der Waals surface area contributed by atoms with Crippen molar-refractivity contribution in [2.24, 2.45) is 10.1 Å². The highest BCUT2D eigenvalue weighted by Gasteiger charge is 2.35. The van der Waals surface area contributed by atoms with Gasteiger partial charge in [-0.1, -0.05) is 39.0 Å². The molecule has 2 aliphatic rings. The van der Waals surface area contributed by atoms with Crippen LogP contribution in [-0.2, 0) is 4.79 Å². The number of amides is 1. The molecule has 2 aromatic carbocycles. The highest BCUT2D eigenvalue weighted by atomic mass is 32.2. The van der Waals surface area contributed by atoms with Gasteiger partial charge in [-0.2, -0.15) is 15.1 Å². The number of amidine groups is 2. The van der Waals surface area contributed by atoms with Gasteiger partial charge in [-0.3, -0.25) is 10.2 Å². The van der Waals surface area contributed by atoms with E-state index in [1.807, 2.05) is 26.8 Å². The SMILES string of the molecule is CCOc1cc(C=C2C(=N)N3N=C(CC)SC3=NC2=O)ccc1OCCOc1cc(C)ccc1C(C)C. The minimum Gasteiger partial charge on any atom is -0.490 e. The molecule has 8 nitrogen and oxygen atoms in total. The van der Waals surface area contributed by atoms with Gasteiger partial charge in [-0.25, -0.2) is 0 Å². The second-order valence-electron chi connectivity index (χ2n) is 8.90. The van der Waals surface area contributed by atoms with Gasteiger partial charge in [-0.15, -0.1) is 0 Å². The number of thioether (sulfide) groups is 1. The minimum atomic E-state index is -0.455. The molecule has 0 aliphatic carbocycles. The Morgan fingerprint density at radius 1 is 1.03 bits per heavy atom. The number of rotatable bonds is 10. The molecular formula is C28H32N4O4S. The highest BCUT2D eigenvalue weighted by Crippen LogP contribution is 2.32. The molecule has 0 spiro atoms. The van der Waals surface area contributed by atoms with E-state index in [0.717, 1.165) is 22.8 Å². The third-order valence-electron chi connectivity index (χ3n) is 5.77. The Hall–Kier alpha value is -3.59. The summed E-state index contributed by atoms with van der Waals surface area (Å²) in [5, 5.41) is 15.6. The van der Waals surface area contributed by atoms with Crippen molar-refractivity contribution in [2.45, 2.75) is 47.0 Å². The van der Waals surface area contributed by atoms with Crippen LogP contribution in [-0.4, -0.2) is 46.8 Å². The summed E-state index contributed by atoms with van der Waals surface area (Å²) in [5.41, 5.74) is 3.19. The van der Waals surface area contributed by atoms with E-state index in [9.17, 15) is 4.79 Å². The number of hydrazone groups is 1. The van der Waals surface area contributed by atoms with Crippen LogP contribution in [0.4, 0.5) is 0 Å².